The van der Waals surface area contributed by atoms with E-state index in [-0.39, 0.29) is 5.91 Å². The minimum atomic E-state index is -1.21. The van der Waals surface area contributed by atoms with Crippen LogP contribution in [0.3, 0.4) is 0 Å². The highest BCUT2D eigenvalue weighted by Crippen LogP contribution is 2.20. The molecule has 1 atom stereocenters. The Bertz CT molecular complexity index is 631. The summed E-state index contributed by atoms with van der Waals surface area (Å²) in [5.41, 5.74) is 0.0182. The van der Waals surface area contributed by atoms with Crippen molar-refractivity contribution in [1.82, 2.24) is 4.90 Å². The Hall–Kier alpha value is -2.32. The summed E-state index contributed by atoms with van der Waals surface area (Å²) in [6.07, 6.45) is 1.10. The number of aliphatic hydroxyl groups is 1. The van der Waals surface area contributed by atoms with Gasteiger partial charge >= 0.3 is 0 Å². The van der Waals surface area contributed by atoms with Gasteiger partial charge in [0.25, 0.3) is 5.91 Å². The van der Waals surface area contributed by atoms with E-state index in [0.29, 0.717) is 30.5 Å². The minimum Gasteiger partial charge on any atom is -0.548 e. The SMILES string of the molecule is CC(C)(O)C#Cc1ccc(C(=O)N2CCC[C@@H]2C(=O)[O-])cc1. The van der Waals surface area contributed by atoms with Gasteiger partial charge in [-0.3, -0.25) is 4.79 Å². The fourth-order valence-electron chi connectivity index (χ4n) is 2.34. The average molecular weight is 300 g/mol. The molecule has 1 aliphatic rings. The molecule has 1 amide bonds. The maximum atomic E-state index is 12.3. The molecular weight excluding hydrogens is 282 g/mol. The number of carbonyl (C=O) groups is 2. The van der Waals surface area contributed by atoms with Crippen LogP contribution in [0.2, 0.25) is 0 Å². The summed E-state index contributed by atoms with van der Waals surface area (Å²) in [6, 6.07) is 5.73. The van der Waals surface area contributed by atoms with Gasteiger partial charge in [0.05, 0.1) is 12.0 Å². The fourth-order valence-corrected chi connectivity index (χ4v) is 2.34. The molecular formula is C17H18NO4-. The van der Waals surface area contributed by atoms with Crippen LogP contribution in [0.1, 0.15) is 42.6 Å². The molecule has 1 saturated heterocycles. The fraction of sp³-hybridized carbons (Fsp3) is 0.412. The average Bonchev–Trinajstić information content (AvgIpc) is 2.94. The summed E-state index contributed by atoms with van der Waals surface area (Å²) >= 11 is 0. The first-order chi connectivity index (χ1) is 10.3. The van der Waals surface area contributed by atoms with E-state index in [1.165, 1.54) is 4.90 Å². The molecule has 1 heterocycles. The number of hydrogen-bond donors (Lipinski definition) is 1. The Kier molecular flexibility index (Phi) is 4.53. The van der Waals surface area contributed by atoms with Gasteiger partial charge in [-0.25, -0.2) is 0 Å². The molecule has 0 aromatic heterocycles. The van der Waals surface area contributed by atoms with Gasteiger partial charge in [0.15, 0.2) is 0 Å². The maximum absolute atomic E-state index is 12.3. The Morgan fingerprint density at radius 3 is 2.50 bits per heavy atom. The number of amides is 1. The van der Waals surface area contributed by atoms with Crippen molar-refractivity contribution in [3.05, 3.63) is 35.4 Å². The van der Waals surface area contributed by atoms with Crippen LogP contribution in [0.15, 0.2) is 24.3 Å². The number of aliphatic carboxylic acids is 1. The Morgan fingerprint density at radius 1 is 1.32 bits per heavy atom. The van der Waals surface area contributed by atoms with Crippen LogP contribution in [-0.2, 0) is 4.79 Å². The lowest BCUT2D eigenvalue weighted by atomic mass is 10.1. The number of benzene rings is 1. The van der Waals surface area contributed by atoms with Gasteiger partial charge in [0.2, 0.25) is 0 Å². The lowest BCUT2D eigenvalue weighted by Crippen LogP contribution is -2.46. The lowest BCUT2D eigenvalue weighted by Gasteiger charge is -2.25. The van der Waals surface area contributed by atoms with Crippen LogP contribution in [0.25, 0.3) is 0 Å². The van der Waals surface area contributed by atoms with Crippen LogP contribution in [0.5, 0.6) is 0 Å². The third kappa shape index (κ3) is 3.86. The summed E-state index contributed by atoms with van der Waals surface area (Å²) < 4.78 is 0. The largest absolute Gasteiger partial charge is 0.548 e. The zero-order chi connectivity index (χ0) is 16.3. The normalized spacial score (nSPS) is 17.8. The molecule has 5 heteroatoms. The molecule has 1 aromatic carbocycles. The van der Waals surface area contributed by atoms with Crippen molar-refractivity contribution >= 4 is 11.9 Å². The number of hydrogen-bond acceptors (Lipinski definition) is 4. The van der Waals surface area contributed by atoms with E-state index >= 15 is 0 Å². The highest BCUT2D eigenvalue weighted by atomic mass is 16.4. The zero-order valence-electron chi connectivity index (χ0n) is 12.6. The summed E-state index contributed by atoms with van der Waals surface area (Å²) in [7, 11) is 0. The molecule has 1 fully saturated rings. The molecule has 1 aromatic rings. The monoisotopic (exact) mass is 300 g/mol. The van der Waals surface area contributed by atoms with E-state index in [2.05, 4.69) is 11.8 Å². The van der Waals surface area contributed by atoms with Gasteiger partial charge in [-0.05, 0) is 51.0 Å². The van der Waals surface area contributed by atoms with Crippen LogP contribution < -0.4 is 5.11 Å². The highest BCUT2D eigenvalue weighted by molar-refractivity contribution is 5.96. The first-order valence-corrected chi connectivity index (χ1v) is 7.15. The van der Waals surface area contributed by atoms with E-state index in [9.17, 15) is 19.8 Å². The smallest absolute Gasteiger partial charge is 0.254 e. The number of carboxylic acids is 1. The van der Waals surface area contributed by atoms with Crippen molar-refractivity contribution in [2.45, 2.75) is 38.3 Å². The van der Waals surface area contributed by atoms with Gasteiger partial charge in [0.1, 0.15) is 5.60 Å². The first-order valence-electron chi connectivity index (χ1n) is 7.15. The summed E-state index contributed by atoms with van der Waals surface area (Å²) in [4.78, 5) is 24.7. The molecule has 0 unspecified atom stereocenters. The standard InChI is InChI=1S/C17H19NO4/c1-17(2,22)10-9-12-5-7-13(8-6-12)15(19)18-11-3-4-14(18)16(20)21/h5-8,14,22H,3-4,11H2,1-2H3,(H,20,21)/p-1/t14-/m1/s1. The summed E-state index contributed by atoms with van der Waals surface area (Å²) in [6.45, 7) is 3.61. The lowest BCUT2D eigenvalue weighted by molar-refractivity contribution is -0.310. The van der Waals surface area contributed by atoms with Crippen molar-refractivity contribution in [3.63, 3.8) is 0 Å². The first kappa shape index (κ1) is 16.1. The number of carboxylic acid groups (broad SMARTS) is 1. The Morgan fingerprint density at radius 2 is 1.95 bits per heavy atom. The molecule has 0 radical (unpaired) electrons. The van der Waals surface area contributed by atoms with Gasteiger partial charge < -0.3 is 19.9 Å². The van der Waals surface area contributed by atoms with E-state index in [1.807, 2.05) is 0 Å². The maximum Gasteiger partial charge on any atom is 0.254 e. The highest BCUT2D eigenvalue weighted by Gasteiger charge is 2.30. The topological polar surface area (TPSA) is 80.7 Å². The molecule has 5 nitrogen and oxygen atoms in total. The van der Waals surface area contributed by atoms with Gasteiger partial charge in [-0.1, -0.05) is 11.8 Å². The molecule has 0 spiro atoms. The molecule has 0 aliphatic carbocycles. The van der Waals surface area contributed by atoms with E-state index in [0.717, 1.165) is 0 Å². The second-order valence-corrected chi connectivity index (χ2v) is 5.86. The number of likely N-dealkylation sites (tertiary alicyclic amines) is 1. The Balaban J connectivity index is 2.14. The predicted octanol–water partition coefficient (Wildman–Crippen LogP) is 0.163. The van der Waals surface area contributed by atoms with Crippen molar-refractivity contribution in [2.24, 2.45) is 0 Å². The second-order valence-electron chi connectivity index (χ2n) is 5.86. The van der Waals surface area contributed by atoms with Crippen molar-refractivity contribution < 1.29 is 19.8 Å². The molecule has 2 rings (SSSR count). The number of rotatable bonds is 2. The van der Waals surface area contributed by atoms with E-state index in [1.54, 1.807) is 38.1 Å². The van der Waals surface area contributed by atoms with Crippen LogP contribution in [0.4, 0.5) is 0 Å². The van der Waals surface area contributed by atoms with Crippen LogP contribution in [0, 0.1) is 11.8 Å². The molecule has 1 N–H and O–H groups in total. The van der Waals surface area contributed by atoms with E-state index < -0.39 is 17.6 Å². The van der Waals surface area contributed by atoms with Gasteiger partial charge in [-0.15, -0.1) is 0 Å². The number of nitrogens with zero attached hydrogens (tertiary/aromatic N) is 1. The van der Waals surface area contributed by atoms with Crippen LogP contribution in [-0.4, -0.2) is 40.1 Å². The third-order valence-electron chi connectivity index (χ3n) is 3.43. The Labute approximate surface area is 129 Å². The van der Waals surface area contributed by atoms with Crippen molar-refractivity contribution in [1.29, 1.82) is 0 Å². The molecule has 0 saturated carbocycles. The predicted molar refractivity (Wildman–Crippen MR) is 78.7 cm³/mol. The molecule has 116 valence electrons. The molecule has 0 bridgehead atoms. The number of carbonyl (C=O) groups excluding carboxylic acids is 2. The quantitative estimate of drug-likeness (QED) is 0.789. The molecule has 22 heavy (non-hydrogen) atoms. The third-order valence-corrected chi connectivity index (χ3v) is 3.43. The van der Waals surface area contributed by atoms with Crippen molar-refractivity contribution in [2.75, 3.05) is 6.54 Å². The minimum absolute atomic E-state index is 0.311. The van der Waals surface area contributed by atoms with Crippen LogP contribution >= 0.6 is 0 Å². The summed E-state index contributed by atoms with van der Waals surface area (Å²) in [5.74, 6) is 3.99. The van der Waals surface area contributed by atoms with Crippen molar-refractivity contribution in [3.8, 4) is 11.8 Å². The van der Waals surface area contributed by atoms with Gasteiger partial charge in [-0.2, -0.15) is 0 Å². The second kappa shape index (κ2) is 6.20. The zero-order valence-corrected chi connectivity index (χ0v) is 12.6. The van der Waals surface area contributed by atoms with E-state index in [4.69, 9.17) is 0 Å². The summed E-state index contributed by atoms with van der Waals surface area (Å²) in [5, 5.41) is 20.6. The van der Waals surface area contributed by atoms with Gasteiger partial charge in [0, 0.05) is 17.7 Å². The molecule has 1 aliphatic heterocycles.